The van der Waals surface area contributed by atoms with E-state index in [0.717, 1.165) is 6.26 Å². The molecule has 1 rings (SSSR count). The summed E-state index contributed by atoms with van der Waals surface area (Å²) in [5, 5.41) is 0. The maximum absolute atomic E-state index is 11.0. The minimum Gasteiger partial charge on any atom is -0.375 e. The number of carbonyl (C=O) groups is 1. The van der Waals surface area contributed by atoms with E-state index < -0.39 is 27.7 Å². The van der Waals surface area contributed by atoms with Crippen LogP contribution in [0.2, 0.25) is 0 Å². The molecule has 0 N–H and O–H groups in total. The zero-order valence-corrected chi connectivity index (χ0v) is 9.91. The number of rotatable bonds is 3. The highest BCUT2D eigenvalue weighted by atomic mass is 32.2. The molecule has 0 aromatic heterocycles. The Morgan fingerprint density at radius 2 is 2.07 bits per heavy atom. The van der Waals surface area contributed by atoms with Gasteiger partial charge in [0, 0.05) is 6.42 Å². The molecule has 0 amide bonds. The molecule has 88 valence electrons. The van der Waals surface area contributed by atoms with Gasteiger partial charge in [-0.1, -0.05) is 0 Å². The standard InChI is InChI=1S/C9H16O5S/c1-9(2)4-8(14-15(3,11)12)7(5-10)6-13-9/h5,7-8H,4,6H2,1-3H3/t7-,8-/m0/s1. The van der Waals surface area contributed by atoms with E-state index in [1.807, 2.05) is 13.8 Å². The van der Waals surface area contributed by atoms with Gasteiger partial charge in [-0.2, -0.15) is 8.42 Å². The zero-order chi connectivity index (χ0) is 11.7. The summed E-state index contributed by atoms with van der Waals surface area (Å²) in [5.74, 6) is -0.507. The predicted molar refractivity (Wildman–Crippen MR) is 53.9 cm³/mol. The topological polar surface area (TPSA) is 69.7 Å². The third kappa shape index (κ3) is 3.89. The molecule has 6 heteroatoms. The van der Waals surface area contributed by atoms with E-state index in [-0.39, 0.29) is 6.61 Å². The highest BCUT2D eigenvalue weighted by molar-refractivity contribution is 7.86. The van der Waals surface area contributed by atoms with Gasteiger partial charge in [0.2, 0.25) is 0 Å². The van der Waals surface area contributed by atoms with Crippen LogP contribution in [0.4, 0.5) is 0 Å². The Balaban J connectivity index is 2.76. The van der Waals surface area contributed by atoms with E-state index in [4.69, 9.17) is 8.92 Å². The lowest BCUT2D eigenvalue weighted by molar-refractivity contribution is -0.138. The molecule has 1 saturated heterocycles. The molecule has 0 aliphatic carbocycles. The Morgan fingerprint density at radius 1 is 1.47 bits per heavy atom. The number of aldehydes is 1. The fourth-order valence-corrected chi connectivity index (χ4v) is 2.24. The third-order valence-electron chi connectivity index (χ3n) is 2.31. The van der Waals surface area contributed by atoms with E-state index in [1.165, 1.54) is 0 Å². The lowest BCUT2D eigenvalue weighted by Crippen LogP contribution is -2.45. The second kappa shape index (κ2) is 4.19. The Morgan fingerprint density at radius 3 is 2.53 bits per heavy atom. The van der Waals surface area contributed by atoms with E-state index in [9.17, 15) is 13.2 Å². The summed E-state index contributed by atoms with van der Waals surface area (Å²) in [4.78, 5) is 10.7. The van der Waals surface area contributed by atoms with E-state index in [1.54, 1.807) is 0 Å². The fourth-order valence-electron chi connectivity index (χ4n) is 1.58. The summed E-state index contributed by atoms with van der Waals surface area (Å²) in [7, 11) is -3.53. The Bertz CT molecular complexity index is 332. The molecule has 1 aliphatic rings. The molecule has 0 saturated carbocycles. The molecule has 0 aromatic rings. The van der Waals surface area contributed by atoms with Crippen molar-refractivity contribution in [3.63, 3.8) is 0 Å². The lowest BCUT2D eigenvalue weighted by Gasteiger charge is -2.37. The number of hydrogen-bond donors (Lipinski definition) is 0. The van der Waals surface area contributed by atoms with Crippen molar-refractivity contribution in [1.82, 2.24) is 0 Å². The van der Waals surface area contributed by atoms with Crippen LogP contribution in [0.1, 0.15) is 20.3 Å². The van der Waals surface area contributed by atoms with Gasteiger partial charge in [0.15, 0.2) is 0 Å². The second-order valence-corrected chi connectivity index (χ2v) is 6.01. The predicted octanol–water partition coefficient (Wildman–Crippen LogP) is 0.345. The van der Waals surface area contributed by atoms with Crippen LogP contribution in [0, 0.1) is 5.92 Å². The lowest BCUT2D eigenvalue weighted by atomic mass is 9.90. The van der Waals surface area contributed by atoms with Crippen LogP contribution in [-0.2, 0) is 23.8 Å². The van der Waals surface area contributed by atoms with Gasteiger partial charge in [0.25, 0.3) is 10.1 Å². The highest BCUT2D eigenvalue weighted by Gasteiger charge is 2.38. The van der Waals surface area contributed by atoms with Gasteiger partial charge < -0.3 is 9.53 Å². The molecule has 1 fully saturated rings. The van der Waals surface area contributed by atoms with E-state index >= 15 is 0 Å². The average molecular weight is 236 g/mol. The monoisotopic (exact) mass is 236 g/mol. The van der Waals surface area contributed by atoms with Gasteiger partial charge in [0.1, 0.15) is 6.29 Å². The molecule has 1 heterocycles. The molecule has 15 heavy (non-hydrogen) atoms. The third-order valence-corrected chi connectivity index (χ3v) is 2.91. The van der Waals surface area contributed by atoms with Crippen molar-refractivity contribution >= 4 is 16.4 Å². The van der Waals surface area contributed by atoms with Gasteiger partial charge in [-0.05, 0) is 13.8 Å². The normalized spacial score (nSPS) is 31.1. The molecule has 5 nitrogen and oxygen atoms in total. The smallest absolute Gasteiger partial charge is 0.264 e. The van der Waals surface area contributed by atoms with Crippen LogP contribution < -0.4 is 0 Å². The van der Waals surface area contributed by atoms with Crippen molar-refractivity contribution in [1.29, 1.82) is 0 Å². The van der Waals surface area contributed by atoms with Crippen LogP contribution in [0.25, 0.3) is 0 Å². The van der Waals surface area contributed by atoms with Crippen LogP contribution in [-0.4, -0.2) is 39.3 Å². The number of hydrogen-bond acceptors (Lipinski definition) is 5. The second-order valence-electron chi connectivity index (χ2n) is 4.41. The summed E-state index contributed by atoms with van der Waals surface area (Å²) >= 11 is 0. The summed E-state index contributed by atoms with van der Waals surface area (Å²) in [6.45, 7) is 3.88. The fraction of sp³-hybridized carbons (Fsp3) is 0.889. The largest absolute Gasteiger partial charge is 0.375 e. The summed E-state index contributed by atoms with van der Waals surface area (Å²) < 4.78 is 32.3. The van der Waals surface area contributed by atoms with Crippen molar-refractivity contribution in [2.45, 2.75) is 32.0 Å². The molecule has 0 spiro atoms. The van der Waals surface area contributed by atoms with Crippen molar-refractivity contribution in [3.05, 3.63) is 0 Å². The Labute approximate surface area is 89.9 Å². The first-order valence-electron chi connectivity index (χ1n) is 4.71. The zero-order valence-electron chi connectivity index (χ0n) is 9.10. The van der Waals surface area contributed by atoms with Crippen molar-refractivity contribution < 1.29 is 22.1 Å². The Kier molecular flexibility index (Phi) is 3.52. The molecular weight excluding hydrogens is 220 g/mol. The first-order chi connectivity index (χ1) is 6.73. The van der Waals surface area contributed by atoms with Gasteiger partial charge >= 0.3 is 0 Å². The summed E-state index contributed by atoms with van der Waals surface area (Å²) in [6, 6.07) is 0. The van der Waals surface area contributed by atoms with Gasteiger partial charge in [0.05, 0.1) is 30.5 Å². The number of ether oxygens (including phenoxy) is 1. The molecule has 1 aliphatic heterocycles. The summed E-state index contributed by atoms with van der Waals surface area (Å²) in [6.07, 6.45) is 1.45. The summed E-state index contributed by atoms with van der Waals surface area (Å²) in [5.41, 5.74) is -0.450. The quantitative estimate of drug-likeness (QED) is 0.522. The Hall–Kier alpha value is -0.460. The van der Waals surface area contributed by atoms with Gasteiger partial charge in [-0.15, -0.1) is 0 Å². The van der Waals surface area contributed by atoms with Crippen molar-refractivity contribution in [3.8, 4) is 0 Å². The van der Waals surface area contributed by atoms with Crippen LogP contribution >= 0.6 is 0 Å². The SMILES string of the molecule is CC1(C)C[C@H](OS(C)(=O)=O)[C@@H](C=O)CO1. The van der Waals surface area contributed by atoms with Crippen LogP contribution in [0.3, 0.4) is 0 Å². The van der Waals surface area contributed by atoms with Gasteiger partial charge in [-0.3, -0.25) is 4.18 Å². The van der Waals surface area contributed by atoms with Crippen molar-refractivity contribution in [2.75, 3.05) is 12.9 Å². The molecule has 0 bridgehead atoms. The number of carbonyl (C=O) groups excluding carboxylic acids is 1. The van der Waals surface area contributed by atoms with Crippen LogP contribution in [0.15, 0.2) is 0 Å². The molecule has 0 radical (unpaired) electrons. The van der Waals surface area contributed by atoms with E-state index in [2.05, 4.69) is 0 Å². The van der Waals surface area contributed by atoms with Crippen LogP contribution in [0.5, 0.6) is 0 Å². The van der Waals surface area contributed by atoms with E-state index in [0.29, 0.717) is 12.7 Å². The minimum absolute atomic E-state index is 0.205. The molecule has 0 aromatic carbocycles. The first kappa shape index (κ1) is 12.6. The molecule has 0 unspecified atom stereocenters. The maximum atomic E-state index is 11.0. The maximum Gasteiger partial charge on any atom is 0.264 e. The van der Waals surface area contributed by atoms with Gasteiger partial charge in [-0.25, -0.2) is 0 Å². The van der Waals surface area contributed by atoms with Crippen molar-refractivity contribution in [2.24, 2.45) is 5.92 Å². The minimum atomic E-state index is -3.53. The first-order valence-corrected chi connectivity index (χ1v) is 6.53. The average Bonchev–Trinajstić information content (AvgIpc) is 1.99. The molecule has 2 atom stereocenters. The molecular formula is C9H16O5S. The highest BCUT2D eigenvalue weighted by Crippen LogP contribution is 2.29.